The van der Waals surface area contributed by atoms with Crippen LogP contribution >= 0.6 is 15.9 Å². The van der Waals surface area contributed by atoms with Crippen molar-refractivity contribution in [1.29, 1.82) is 0 Å². The molecule has 0 saturated heterocycles. The molecule has 0 aliphatic carbocycles. The lowest BCUT2D eigenvalue weighted by atomic mass is 10.1. The highest BCUT2D eigenvalue weighted by atomic mass is 79.9. The van der Waals surface area contributed by atoms with E-state index < -0.39 is 0 Å². The van der Waals surface area contributed by atoms with Crippen LogP contribution in [-0.4, -0.2) is 11.9 Å². The number of nitrogens with zero attached hydrogens (tertiary/aromatic N) is 3. The summed E-state index contributed by atoms with van der Waals surface area (Å²) < 4.78 is 5.05. The van der Waals surface area contributed by atoms with E-state index in [1.54, 1.807) is 7.11 Å². The van der Waals surface area contributed by atoms with Crippen LogP contribution in [0.3, 0.4) is 0 Å². The molecule has 5 heteroatoms. The van der Waals surface area contributed by atoms with Crippen molar-refractivity contribution in [1.82, 2.24) is 0 Å². The van der Waals surface area contributed by atoms with Crippen LogP contribution < -0.4 is 4.74 Å². The highest BCUT2D eigenvalue weighted by Crippen LogP contribution is 2.27. The number of methoxy groups -OCH3 is 1. The second kappa shape index (κ2) is 5.63. The fraction of sp³-hybridized carbons (Fsp3) is 0.400. The Kier molecular flexibility index (Phi) is 4.46. The summed E-state index contributed by atoms with van der Waals surface area (Å²) in [7, 11) is 1.62. The van der Waals surface area contributed by atoms with Crippen molar-refractivity contribution in [3.63, 3.8) is 0 Å². The van der Waals surface area contributed by atoms with Crippen molar-refractivity contribution in [3.8, 4) is 5.75 Å². The zero-order valence-electron chi connectivity index (χ0n) is 8.59. The Balaban J connectivity index is 2.96. The van der Waals surface area contributed by atoms with Crippen molar-refractivity contribution < 1.29 is 4.74 Å². The van der Waals surface area contributed by atoms with E-state index in [-0.39, 0.29) is 10.9 Å². The Morgan fingerprint density at radius 2 is 2.00 bits per heavy atom. The molecule has 0 spiro atoms. The third kappa shape index (κ3) is 3.15. The molecular weight excluding hydrogens is 258 g/mol. The summed E-state index contributed by atoms with van der Waals surface area (Å²) in [4.78, 5) is 2.94. The van der Waals surface area contributed by atoms with E-state index >= 15 is 0 Å². The van der Waals surface area contributed by atoms with E-state index in [0.717, 1.165) is 11.3 Å². The monoisotopic (exact) mass is 269 g/mol. The zero-order valence-corrected chi connectivity index (χ0v) is 10.2. The first-order valence-corrected chi connectivity index (χ1v) is 5.43. The molecule has 1 rings (SSSR count). The van der Waals surface area contributed by atoms with Gasteiger partial charge in [-0.25, -0.2) is 0 Å². The standard InChI is InChI=1S/C10H12BrN3O/c1-7(11)10(13-14-12)8-3-5-9(15-2)6-4-8/h3-7,10H,1-2H3/t7-,10-/m1/s1. The van der Waals surface area contributed by atoms with E-state index in [1.807, 2.05) is 31.2 Å². The van der Waals surface area contributed by atoms with E-state index in [1.165, 1.54) is 0 Å². The average Bonchev–Trinajstić information content (AvgIpc) is 2.26. The van der Waals surface area contributed by atoms with Gasteiger partial charge in [0, 0.05) is 9.74 Å². The van der Waals surface area contributed by atoms with Crippen LogP contribution in [-0.2, 0) is 0 Å². The van der Waals surface area contributed by atoms with Crippen LogP contribution in [0.15, 0.2) is 29.4 Å². The number of benzene rings is 1. The smallest absolute Gasteiger partial charge is 0.118 e. The molecule has 1 aromatic carbocycles. The fourth-order valence-electron chi connectivity index (χ4n) is 1.28. The summed E-state index contributed by atoms with van der Waals surface area (Å²) in [5, 5.41) is 3.74. The molecule has 0 aliphatic heterocycles. The molecule has 0 unspecified atom stereocenters. The predicted molar refractivity (Wildman–Crippen MR) is 63.3 cm³/mol. The van der Waals surface area contributed by atoms with Crippen LogP contribution in [0.5, 0.6) is 5.75 Å². The van der Waals surface area contributed by atoms with Gasteiger partial charge in [-0.2, -0.15) is 0 Å². The minimum absolute atomic E-state index is 0.0989. The summed E-state index contributed by atoms with van der Waals surface area (Å²) in [5.41, 5.74) is 9.43. The SMILES string of the molecule is COc1ccc([C@H](N=[N+]=[N-])[C@@H](C)Br)cc1. The number of halogens is 1. The third-order valence-corrected chi connectivity index (χ3v) is 2.57. The van der Waals surface area contributed by atoms with E-state index in [2.05, 4.69) is 26.0 Å². The topological polar surface area (TPSA) is 58.0 Å². The van der Waals surface area contributed by atoms with Gasteiger partial charge in [0.05, 0.1) is 13.2 Å². The van der Waals surface area contributed by atoms with Crippen molar-refractivity contribution in [2.24, 2.45) is 5.11 Å². The Hall–Kier alpha value is -1.19. The quantitative estimate of drug-likeness (QED) is 0.355. The van der Waals surface area contributed by atoms with Gasteiger partial charge in [0.15, 0.2) is 0 Å². The number of azide groups is 1. The van der Waals surface area contributed by atoms with Crippen molar-refractivity contribution >= 4 is 15.9 Å². The normalized spacial score (nSPS) is 13.8. The number of rotatable bonds is 4. The number of ether oxygens (including phenoxy) is 1. The fourth-order valence-corrected chi connectivity index (χ4v) is 1.69. The minimum atomic E-state index is -0.194. The Bertz CT molecular complexity index is 357. The van der Waals surface area contributed by atoms with Gasteiger partial charge >= 0.3 is 0 Å². The first kappa shape index (κ1) is 11.9. The number of hydrogen-bond donors (Lipinski definition) is 0. The highest BCUT2D eigenvalue weighted by Gasteiger charge is 2.14. The molecule has 0 heterocycles. The van der Waals surface area contributed by atoms with Gasteiger partial charge in [-0.3, -0.25) is 0 Å². The highest BCUT2D eigenvalue weighted by molar-refractivity contribution is 9.09. The molecule has 0 fully saturated rings. The maximum atomic E-state index is 8.46. The molecule has 0 N–H and O–H groups in total. The van der Waals surface area contributed by atoms with E-state index in [9.17, 15) is 0 Å². The minimum Gasteiger partial charge on any atom is -0.497 e. The van der Waals surface area contributed by atoms with Crippen molar-refractivity contribution in [2.45, 2.75) is 17.8 Å². The molecule has 0 aromatic heterocycles. The van der Waals surface area contributed by atoms with Gasteiger partial charge in [0.25, 0.3) is 0 Å². The molecule has 80 valence electrons. The van der Waals surface area contributed by atoms with E-state index in [4.69, 9.17) is 10.3 Å². The van der Waals surface area contributed by atoms with E-state index in [0.29, 0.717) is 0 Å². The van der Waals surface area contributed by atoms with Crippen LogP contribution in [0, 0.1) is 0 Å². The first-order valence-electron chi connectivity index (χ1n) is 4.51. The van der Waals surface area contributed by atoms with Gasteiger partial charge in [-0.15, -0.1) is 0 Å². The third-order valence-electron chi connectivity index (χ3n) is 2.07. The number of hydrogen-bond acceptors (Lipinski definition) is 2. The summed E-state index contributed by atoms with van der Waals surface area (Å²) in [6.45, 7) is 1.95. The lowest BCUT2D eigenvalue weighted by Gasteiger charge is -2.14. The molecule has 0 saturated carbocycles. The van der Waals surface area contributed by atoms with Crippen molar-refractivity contribution in [3.05, 3.63) is 40.3 Å². The summed E-state index contributed by atoms with van der Waals surface area (Å²) in [6.07, 6.45) is 0. The van der Waals surface area contributed by atoms with Crippen LogP contribution in [0.1, 0.15) is 18.5 Å². The molecule has 1 aromatic rings. The average molecular weight is 270 g/mol. The lowest BCUT2D eigenvalue weighted by Crippen LogP contribution is -2.05. The lowest BCUT2D eigenvalue weighted by molar-refractivity contribution is 0.414. The maximum absolute atomic E-state index is 8.46. The van der Waals surface area contributed by atoms with Crippen LogP contribution in [0.25, 0.3) is 10.4 Å². The molecular formula is C10H12BrN3O. The molecule has 0 radical (unpaired) electrons. The Labute approximate surface area is 97.0 Å². The van der Waals surface area contributed by atoms with Crippen LogP contribution in [0.2, 0.25) is 0 Å². The largest absolute Gasteiger partial charge is 0.497 e. The number of alkyl halides is 1. The molecule has 15 heavy (non-hydrogen) atoms. The molecule has 4 nitrogen and oxygen atoms in total. The molecule has 0 amide bonds. The van der Waals surface area contributed by atoms with Crippen LogP contribution in [0.4, 0.5) is 0 Å². The molecule has 0 bridgehead atoms. The van der Waals surface area contributed by atoms with Gasteiger partial charge in [0.1, 0.15) is 5.75 Å². The Morgan fingerprint density at radius 3 is 2.40 bits per heavy atom. The Morgan fingerprint density at radius 1 is 1.40 bits per heavy atom. The molecule has 0 aliphatic rings. The second-order valence-electron chi connectivity index (χ2n) is 3.10. The van der Waals surface area contributed by atoms with Gasteiger partial charge in [0.2, 0.25) is 0 Å². The van der Waals surface area contributed by atoms with Gasteiger partial charge < -0.3 is 4.74 Å². The summed E-state index contributed by atoms with van der Waals surface area (Å²) in [6, 6.07) is 7.31. The van der Waals surface area contributed by atoms with Crippen molar-refractivity contribution in [2.75, 3.05) is 7.11 Å². The second-order valence-corrected chi connectivity index (χ2v) is 4.54. The van der Waals surface area contributed by atoms with Gasteiger partial charge in [-0.1, -0.05) is 40.1 Å². The van der Waals surface area contributed by atoms with Gasteiger partial charge in [-0.05, 0) is 23.2 Å². The summed E-state index contributed by atoms with van der Waals surface area (Å²) in [5.74, 6) is 0.792. The first-order chi connectivity index (χ1) is 7.19. The molecule has 2 atom stereocenters. The zero-order chi connectivity index (χ0) is 11.3. The predicted octanol–water partition coefficient (Wildman–Crippen LogP) is 3.83. The maximum Gasteiger partial charge on any atom is 0.118 e. The summed E-state index contributed by atoms with van der Waals surface area (Å²) >= 11 is 3.42.